The maximum Gasteiger partial charge on any atom is 0.411 e. The van der Waals surface area contributed by atoms with Crippen LogP contribution in [0.5, 0.6) is 23.0 Å². The van der Waals surface area contributed by atoms with Crippen molar-refractivity contribution < 1.29 is 52.4 Å². The van der Waals surface area contributed by atoms with Gasteiger partial charge in [0.1, 0.15) is 17.8 Å². The number of allylic oxidation sites excluding steroid dienone is 2. The molecule has 2 aliphatic carbocycles. The van der Waals surface area contributed by atoms with Gasteiger partial charge in [-0.1, -0.05) is 69.2 Å². The number of carbonyl (C=O) groups excluding carboxylic acids is 3. The molecule has 5 rings (SSSR count). The van der Waals surface area contributed by atoms with Gasteiger partial charge >= 0.3 is 13.1 Å². The Bertz CT molecular complexity index is 2380. The summed E-state index contributed by atoms with van der Waals surface area (Å²) >= 11 is 0. The van der Waals surface area contributed by atoms with Crippen molar-refractivity contribution in [3.63, 3.8) is 0 Å². The number of pyridine rings is 1. The maximum absolute atomic E-state index is 14.6. The number of nitrogens with one attached hydrogen (secondary N) is 2. The molecule has 2 aromatic carbocycles. The molecule has 2 unspecified atom stereocenters. The van der Waals surface area contributed by atoms with Gasteiger partial charge in [-0.2, -0.15) is 0 Å². The van der Waals surface area contributed by atoms with E-state index in [-0.39, 0.29) is 64.5 Å². The number of Topliss-reactive ketones (excluding diaryl/α,β-unsaturated/α-hetero) is 2. The number of nitrogens with zero attached hydrogens (tertiary/aromatic N) is 2. The zero-order valence-electron chi connectivity index (χ0n) is 42.7. The van der Waals surface area contributed by atoms with Gasteiger partial charge < -0.3 is 38.4 Å². The van der Waals surface area contributed by atoms with E-state index < -0.39 is 32.3 Å². The molecular formula is C51H71BN4O12S2Si. The van der Waals surface area contributed by atoms with Gasteiger partial charge in [-0.3, -0.25) is 25.0 Å². The number of methoxy groups -OCH3 is 2. The zero-order valence-corrected chi connectivity index (χ0v) is 45.3. The summed E-state index contributed by atoms with van der Waals surface area (Å²) in [7, 11) is 2.66. The third-order valence-electron chi connectivity index (χ3n) is 13.4. The van der Waals surface area contributed by atoms with Crippen molar-refractivity contribution in [3.8, 4) is 23.0 Å². The molecule has 386 valence electrons. The predicted molar refractivity (Wildman–Crippen MR) is 285 cm³/mol. The van der Waals surface area contributed by atoms with Gasteiger partial charge in [-0.05, 0) is 111 Å². The van der Waals surface area contributed by atoms with Crippen molar-refractivity contribution >= 4 is 71.7 Å². The van der Waals surface area contributed by atoms with E-state index in [0.717, 1.165) is 30.4 Å². The van der Waals surface area contributed by atoms with Crippen LogP contribution in [0.1, 0.15) is 99.8 Å². The van der Waals surface area contributed by atoms with Crippen LogP contribution in [0.2, 0.25) is 25.0 Å². The van der Waals surface area contributed by atoms with Crippen molar-refractivity contribution in [3.05, 3.63) is 88.1 Å². The summed E-state index contributed by atoms with van der Waals surface area (Å²) in [4.78, 5) is 56.4. The summed E-state index contributed by atoms with van der Waals surface area (Å²) in [6.07, 6.45) is 5.92. The molecule has 16 nitrogen and oxygen atoms in total. The van der Waals surface area contributed by atoms with Gasteiger partial charge in [-0.15, -0.1) is 0 Å². The molecular weight excluding hydrogens is 964 g/mol. The first-order valence-corrected chi connectivity index (χ1v) is 29.4. The van der Waals surface area contributed by atoms with E-state index in [1.807, 2.05) is 0 Å². The van der Waals surface area contributed by atoms with E-state index in [4.69, 9.17) is 28.1 Å². The van der Waals surface area contributed by atoms with Crippen LogP contribution in [0.3, 0.4) is 0 Å². The van der Waals surface area contributed by atoms with Gasteiger partial charge in [0.05, 0.1) is 38.0 Å². The largest absolute Gasteiger partial charge is 0.493 e. The van der Waals surface area contributed by atoms with E-state index in [2.05, 4.69) is 69.5 Å². The second-order valence-corrected chi connectivity index (χ2v) is 27.0. The minimum Gasteiger partial charge on any atom is -0.493 e. The number of benzene rings is 2. The summed E-state index contributed by atoms with van der Waals surface area (Å²) in [6.45, 7) is 24.1. The number of nitro groups is 1. The Morgan fingerprint density at radius 3 is 1.94 bits per heavy atom. The van der Waals surface area contributed by atoms with E-state index in [1.54, 1.807) is 37.2 Å². The normalized spacial score (nSPS) is 17.9. The quantitative estimate of drug-likeness (QED) is 0.0123. The van der Waals surface area contributed by atoms with Gasteiger partial charge in [0.2, 0.25) is 0 Å². The third-order valence-corrected chi connectivity index (χ3v) is 20.2. The Morgan fingerprint density at radius 2 is 1.42 bits per heavy atom. The van der Waals surface area contributed by atoms with Crippen LogP contribution < -0.4 is 29.5 Å². The second-order valence-electron chi connectivity index (χ2n) is 19.7. The lowest BCUT2D eigenvalue weighted by molar-refractivity contribution is -0.385. The highest BCUT2D eigenvalue weighted by atomic mass is 33.1. The molecule has 20 heteroatoms. The number of carbonyl (C=O) groups is 3. The number of rotatable bonds is 27. The zero-order chi connectivity index (χ0) is 52.0. The molecule has 0 radical (unpaired) electrons. The molecule has 3 N–H and O–H groups in total. The van der Waals surface area contributed by atoms with Gasteiger partial charge in [0.25, 0.3) is 5.69 Å². The van der Waals surface area contributed by atoms with E-state index >= 15 is 0 Å². The molecule has 3 aromatic rings. The summed E-state index contributed by atoms with van der Waals surface area (Å²) in [5.41, 5.74) is 3.33. The number of ketones is 2. The highest BCUT2D eigenvalue weighted by Crippen LogP contribution is 2.45. The van der Waals surface area contributed by atoms with Crippen LogP contribution in [0.4, 0.5) is 21.9 Å². The molecule has 0 bridgehead atoms. The standard InChI is InChI=1S/C51H71BN4O12S2Si/c1-12-34-22-32(2)24-37(34)48(57)40-27-44(64-9)46(29-42(40)55-52(7)60)66-19-15-13-14-18-65-45-28-41(54-50(59)67-20-21-69-70-47-17-16-36(30-53-47)56(61)62)39(26-43(45)63-8)49(58)38-25-33(3)23-35(38)31-68-71(10,11)51(4,5)6/h16-17,26-30,34-35,37-38,55,60H,2-3,12-15,18-25,31H2,1,4-11H3,(H,54,59)/t34-,35+,37?,38?/m1/s1. The fraction of sp³-hybridized carbons (Fsp3) is 0.529. The number of amides is 1. The Balaban J connectivity index is 1.24. The first kappa shape index (κ1) is 56.9. The van der Waals surface area contributed by atoms with E-state index in [1.165, 1.54) is 48.1 Å². The maximum atomic E-state index is 14.6. The number of anilines is 2. The number of unbranched alkanes of at least 4 members (excludes halogenated alkanes) is 2. The van der Waals surface area contributed by atoms with Crippen molar-refractivity contribution in [1.29, 1.82) is 0 Å². The minimum atomic E-state index is -2.12. The number of hydrogen-bond donors (Lipinski definition) is 3. The summed E-state index contributed by atoms with van der Waals surface area (Å²) in [6, 6.07) is 9.53. The Morgan fingerprint density at radius 1 is 0.859 bits per heavy atom. The van der Waals surface area contributed by atoms with Gasteiger partial charge in [0, 0.05) is 59.2 Å². The minimum absolute atomic E-state index is 0.00759. The highest BCUT2D eigenvalue weighted by Gasteiger charge is 2.42. The third kappa shape index (κ3) is 15.7. The molecule has 0 aliphatic heterocycles. The van der Waals surface area contributed by atoms with Crippen LogP contribution in [0.15, 0.2) is 71.9 Å². The molecule has 2 saturated carbocycles. The van der Waals surface area contributed by atoms with Crippen LogP contribution in [-0.2, 0) is 9.16 Å². The van der Waals surface area contributed by atoms with Crippen molar-refractivity contribution in [2.75, 3.05) is 56.9 Å². The lowest BCUT2D eigenvalue weighted by Crippen LogP contribution is -2.42. The molecule has 1 aromatic heterocycles. The number of ether oxygens (including phenoxy) is 5. The summed E-state index contributed by atoms with van der Waals surface area (Å²) < 4.78 is 36.0. The topological polar surface area (TPSA) is 207 Å². The highest BCUT2D eigenvalue weighted by molar-refractivity contribution is 8.76. The second kappa shape index (κ2) is 26.1. The van der Waals surface area contributed by atoms with Crippen molar-refractivity contribution in [2.45, 2.75) is 109 Å². The molecule has 2 aliphatic rings. The van der Waals surface area contributed by atoms with Gasteiger partial charge in [-0.25, -0.2) is 9.78 Å². The first-order valence-electron chi connectivity index (χ1n) is 24.2. The summed E-state index contributed by atoms with van der Waals surface area (Å²) in [5.74, 6) is 1.22. The fourth-order valence-corrected chi connectivity index (χ4v) is 11.3. The molecule has 1 heterocycles. The Kier molecular flexibility index (Phi) is 20.9. The van der Waals surface area contributed by atoms with Gasteiger partial charge in [0.15, 0.2) is 42.9 Å². The lowest BCUT2D eigenvalue weighted by Gasteiger charge is -2.37. The average Bonchev–Trinajstić information content (AvgIpc) is 3.90. The smallest absolute Gasteiger partial charge is 0.411 e. The molecule has 71 heavy (non-hydrogen) atoms. The molecule has 4 atom stereocenters. The summed E-state index contributed by atoms with van der Waals surface area (Å²) in [5, 5.41) is 27.6. The number of aromatic nitrogens is 1. The molecule has 0 spiro atoms. The van der Waals surface area contributed by atoms with Crippen molar-refractivity contribution in [2.24, 2.45) is 23.7 Å². The van der Waals surface area contributed by atoms with Crippen LogP contribution in [0, 0.1) is 33.8 Å². The van der Waals surface area contributed by atoms with Crippen LogP contribution >= 0.6 is 21.6 Å². The SMILES string of the molecule is C=C1CC(C(=O)c2cc(OC)c(OCCCCCOc3cc(NC(=O)OCCSSc4ccc([N+](=O)[O-])cn4)c(C(=O)C4CC(=C)C[C@H]4CO[Si](C)(C)C(C)(C)C)cc3OC)cc2NB(C)O)[C@H](CC)C1. The Hall–Kier alpha value is -5.02. The molecule has 1 amide bonds. The van der Waals surface area contributed by atoms with Crippen LogP contribution in [-0.4, -0.2) is 94.4 Å². The Labute approximate surface area is 428 Å². The molecule has 0 saturated heterocycles. The molecule has 2 fully saturated rings. The fourth-order valence-electron chi connectivity index (χ4n) is 8.51. The first-order chi connectivity index (χ1) is 33.7. The lowest BCUT2D eigenvalue weighted by atomic mass is 9.84. The van der Waals surface area contributed by atoms with Crippen molar-refractivity contribution in [1.82, 2.24) is 4.98 Å². The predicted octanol–water partition coefficient (Wildman–Crippen LogP) is 12.1. The average molecular weight is 1040 g/mol. The van der Waals surface area contributed by atoms with E-state index in [0.29, 0.717) is 90.3 Å². The monoisotopic (exact) mass is 1030 g/mol. The number of hydrogen-bond acceptors (Lipinski definition) is 16. The van der Waals surface area contributed by atoms with Crippen LogP contribution in [0.25, 0.3) is 0 Å². The van der Waals surface area contributed by atoms with E-state index in [9.17, 15) is 29.5 Å².